The van der Waals surface area contributed by atoms with Crippen LogP contribution in [0.5, 0.6) is 5.75 Å². The van der Waals surface area contributed by atoms with E-state index in [-0.39, 0.29) is 24.2 Å². The molecule has 0 bridgehead atoms. The summed E-state index contributed by atoms with van der Waals surface area (Å²) >= 11 is 0. The molecule has 1 unspecified atom stereocenters. The third-order valence-corrected chi connectivity index (χ3v) is 5.09. The normalized spacial score (nSPS) is 21.1. The fourth-order valence-corrected chi connectivity index (χ4v) is 3.67. The number of ether oxygens (including phenoxy) is 1. The molecule has 7 heteroatoms. The van der Waals surface area contributed by atoms with E-state index >= 15 is 0 Å². The van der Waals surface area contributed by atoms with Gasteiger partial charge in [0.1, 0.15) is 5.75 Å². The van der Waals surface area contributed by atoms with Gasteiger partial charge in [-0.15, -0.1) is 0 Å². The molecular weight excluding hydrogens is 336 g/mol. The average molecular weight is 360 g/mol. The van der Waals surface area contributed by atoms with Crippen molar-refractivity contribution in [1.82, 2.24) is 4.90 Å². The lowest BCUT2D eigenvalue weighted by atomic mass is 9.95. The maximum Gasteiger partial charge on any atom is 0.306 e. The zero-order valence-electron chi connectivity index (χ0n) is 14.9. The summed E-state index contributed by atoms with van der Waals surface area (Å²) in [6.07, 6.45) is 1.12. The van der Waals surface area contributed by atoms with Crippen molar-refractivity contribution in [1.29, 1.82) is 0 Å². The number of carboxylic acids is 1. The first-order chi connectivity index (χ1) is 12.5. The van der Waals surface area contributed by atoms with E-state index in [4.69, 9.17) is 9.84 Å². The number of carbonyl (C=O) groups is 3. The van der Waals surface area contributed by atoms with Crippen LogP contribution in [0.1, 0.15) is 26.2 Å². The maximum atomic E-state index is 12.8. The van der Waals surface area contributed by atoms with Gasteiger partial charge in [0.25, 0.3) is 0 Å². The molecule has 7 nitrogen and oxygen atoms in total. The van der Waals surface area contributed by atoms with Crippen molar-refractivity contribution < 1.29 is 24.2 Å². The molecule has 0 spiro atoms. The minimum Gasteiger partial charge on any atom is -0.492 e. The van der Waals surface area contributed by atoms with Crippen LogP contribution in [0, 0.1) is 11.8 Å². The van der Waals surface area contributed by atoms with Crippen LogP contribution in [0.25, 0.3) is 0 Å². The second-order valence-corrected chi connectivity index (χ2v) is 6.74. The van der Waals surface area contributed by atoms with Gasteiger partial charge in [0.2, 0.25) is 11.8 Å². The fraction of sp³-hybridized carbons (Fsp3) is 0.526. The summed E-state index contributed by atoms with van der Waals surface area (Å²) in [5, 5.41) is 9.07. The highest BCUT2D eigenvalue weighted by atomic mass is 16.5. The number of hydrogen-bond donors (Lipinski definition) is 1. The van der Waals surface area contributed by atoms with Crippen LogP contribution in [0.4, 0.5) is 5.69 Å². The molecule has 2 heterocycles. The smallest absolute Gasteiger partial charge is 0.306 e. The molecule has 2 aliphatic rings. The third-order valence-electron chi connectivity index (χ3n) is 5.09. The minimum atomic E-state index is -0.799. The van der Waals surface area contributed by atoms with Crippen LogP contribution in [0.3, 0.4) is 0 Å². The summed E-state index contributed by atoms with van der Waals surface area (Å²) in [5.74, 6) is -1.07. The summed E-state index contributed by atoms with van der Waals surface area (Å²) in [5.41, 5.74) is 0.694. The van der Waals surface area contributed by atoms with Crippen LogP contribution < -0.4 is 9.64 Å². The summed E-state index contributed by atoms with van der Waals surface area (Å²) in [4.78, 5) is 39.6. The van der Waals surface area contributed by atoms with E-state index in [0.29, 0.717) is 50.5 Å². The minimum absolute atomic E-state index is 0.0569. The van der Waals surface area contributed by atoms with Crippen LogP contribution in [-0.4, -0.2) is 54.0 Å². The zero-order chi connectivity index (χ0) is 18.7. The topological polar surface area (TPSA) is 87.2 Å². The van der Waals surface area contributed by atoms with Gasteiger partial charge in [-0.25, -0.2) is 0 Å². The van der Waals surface area contributed by atoms with Gasteiger partial charge in [-0.2, -0.15) is 0 Å². The Balaban J connectivity index is 1.66. The fourth-order valence-electron chi connectivity index (χ4n) is 3.67. The number of carboxylic acid groups (broad SMARTS) is 1. The molecule has 2 saturated heterocycles. The Hall–Kier alpha value is -2.57. The standard InChI is InChI=1S/C19H24N2O5/c1-2-26-16-6-4-3-5-15(16)21-12-14(11-17(21)22)18(23)20-9-7-13(8-10-20)19(24)25/h3-6,13-14H,2,7-12H2,1H3,(H,24,25). The number of likely N-dealkylation sites (tertiary alicyclic amines) is 1. The molecule has 1 aromatic rings. The van der Waals surface area contributed by atoms with E-state index in [1.807, 2.05) is 31.2 Å². The first-order valence-electron chi connectivity index (χ1n) is 9.05. The van der Waals surface area contributed by atoms with Crippen molar-refractivity contribution in [3.63, 3.8) is 0 Å². The number of nitrogens with zero attached hydrogens (tertiary/aromatic N) is 2. The average Bonchev–Trinajstić information content (AvgIpc) is 3.03. The van der Waals surface area contributed by atoms with Gasteiger partial charge < -0.3 is 19.6 Å². The van der Waals surface area contributed by atoms with Crippen LogP contribution in [0.2, 0.25) is 0 Å². The van der Waals surface area contributed by atoms with Crippen molar-refractivity contribution >= 4 is 23.5 Å². The maximum absolute atomic E-state index is 12.8. The molecule has 0 radical (unpaired) electrons. The summed E-state index contributed by atoms with van der Waals surface area (Å²) in [6.45, 7) is 3.60. The molecule has 0 saturated carbocycles. The lowest BCUT2D eigenvalue weighted by Gasteiger charge is -2.31. The molecule has 3 rings (SSSR count). The van der Waals surface area contributed by atoms with E-state index in [9.17, 15) is 14.4 Å². The highest BCUT2D eigenvalue weighted by molar-refractivity contribution is 6.01. The molecule has 2 fully saturated rings. The molecular formula is C19H24N2O5. The number of rotatable bonds is 5. The monoisotopic (exact) mass is 360 g/mol. The van der Waals surface area contributed by atoms with Gasteiger partial charge in [-0.05, 0) is 31.9 Å². The van der Waals surface area contributed by atoms with E-state index in [1.54, 1.807) is 9.80 Å². The predicted octanol–water partition coefficient (Wildman–Crippen LogP) is 1.76. The molecule has 140 valence electrons. The number of para-hydroxylation sites is 2. The third kappa shape index (κ3) is 3.66. The van der Waals surface area contributed by atoms with E-state index in [1.165, 1.54) is 0 Å². The number of piperidine rings is 1. The van der Waals surface area contributed by atoms with Crippen LogP contribution >= 0.6 is 0 Å². The Kier molecular flexibility index (Phi) is 5.44. The lowest BCUT2D eigenvalue weighted by molar-refractivity contribution is -0.146. The Morgan fingerprint density at radius 3 is 2.54 bits per heavy atom. The Labute approximate surface area is 152 Å². The number of aliphatic carboxylic acids is 1. The zero-order valence-corrected chi connectivity index (χ0v) is 14.9. The molecule has 2 aliphatic heterocycles. The van der Waals surface area contributed by atoms with Gasteiger partial charge in [-0.3, -0.25) is 14.4 Å². The van der Waals surface area contributed by atoms with Gasteiger partial charge in [0.15, 0.2) is 0 Å². The van der Waals surface area contributed by atoms with Gasteiger partial charge in [-0.1, -0.05) is 12.1 Å². The van der Waals surface area contributed by atoms with Crippen molar-refractivity contribution in [3.8, 4) is 5.75 Å². The Bertz CT molecular complexity index is 697. The van der Waals surface area contributed by atoms with Gasteiger partial charge in [0.05, 0.1) is 24.1 Å². The molecule has 0 aliphatic carbocycles. The van der Waals surface area contributed by atoms with Crippen LogP contribution in [-0.2, 0) is 14.4 Å². The van der Waals surface area contributed by atoms with E-state index < -0.39 is 11.9 Å². The number of anilines is 1. The first-order valence-corrected chi connectivity index (χ1v) is 9.05. The van der Waals surface area contributed by atoms with E-state index in [2.05, 4.69) is 0 Å². The second-order valence-electron chi connectivity index (χ2n) is 6.74. The summed E-state index contributed by atoms with van der Waals surface area (Å²) in [6, 6.07) is 7.34. The highest BCUT2D eigenvalue weighted by Gasteiger charge is 2.39. The number of hydrogen-bond acceptors (Lipinski definition) is 4. The lowest BCUT2D eigenvalue weighted by Crippen LogP contribution is -2.43. The molecule has 2 amide bonds. The quantitative estimate of drug-likeness (QED) is 0.865. The molecule has 0 aromatic heterocycles. The number of benzene rings is 1. The molecule has 1 aromatic carbocycles. The van der Waals surface area contributed by atoms with Gasteiger partial charge >= 0.3 is 5.97 Å². The first kappa shape index (κ1) is 18.2. The second kappa shape index (κ2) is 7.76. The van der Waals surface area contributed by atoms with Crippen molar-refractivity contribution in [3.05, 3.63) is 24.3 Å². The van der Waals surface area contributed by atoms with Crippen LogP contribution in [0.15, 0.2) is 24.3 Å². The molecule has 1 atom stereocenters. The summed E-state index contributed by atoms with van der Waals surface area (Å²) in [7, 11) is 0. The molecule has 1 N–H and O–H groups in total. The SMILES string of the molecule is CCOc1ccccc1N1CC(C(=O)N2CCC(C(=O)O)CC2)CC1=O. The van der Waals surface area contributed by atoms with Crippen molar-refractivity contribution in [2.75, 3.05) is 31.1 Å². The van der Waals surface area contributed by atoms with Crippen molar-refractivity contribution in [2.45, 2.75) is 26.2 Å². The Morgan fingerprint density at radius 2 is 1.88 bits per heavy atom. The van der Waals surface area contributed by atoms with Gasteiger partial charge in [0, 0.05) is 26.1 Å². The predicted molar refractivity (Wildman–Crippen MR) is 95.0 cm³/mol. The van der Waals surface area contributed by atoms with Crippen molar-refractivity contribution in [2.24, 2.45) is 11.8 Å². The largest absolute Gasteiger partial charge is 0.492 e. The Morgan fingerprint density at radius 1 is 1.19 bits per heavy atom. The summed E-state index contributed by atoms with van der Waals surface area (Å²) < 4.78 is 5.60. The highest BCUT2D eigenvalue weighted by Crippen LogP contribution is 2.34. The molecule has 26 heavy (non-hydrogen) atoms. The van der Waals surface area contributed by atoms with E-state index in [0.717, 1.165) is 0 Å². The number of carbonyl (C=O) groups excluding carboxylic acids is 2. The number of amides is 2.